The Balaban J connectivity index is 1.81. The Labute approximate surface area is 88.1 Å². The van der Waals surface area contributed by atoms with Gasteiger partial charge in [0, 0.05) is 19.1 Å². The Morgan fingerprint density at radius 3 is 2.50 bits per heavy atom. The average Bonchev–Trinajstić information content (AvgIpc) is 2.26. The van der Waals surface area contributed by atoms with Crippen molar-refractivity contribution in [1.82, 2.24) is 10.2 Å². The fourth-order valence-corrected chi connectivity index (χ4v) is 2.71. The van der Waals surface area contributed by atoms with Gasteiger partial charge in [-0.3, -0.25) is 4.90 Å². The topological polar surface area (TPSA) is 15.3 Å². The van der Waals surface area contributed by atoms with E-state index in [1.54, 1.807) is 0 Å². The predicted molar refractivity (Wildman–Crippen MR) is 60.4 cm³/mol. The summed E-state index contributed by atoms with van der Waals surface area (Å²) in [5.74, 6) is 1.86. The van der Waals surface area contributed by atoms with Gasteiger partial charge in [0.25, 0.3) is 0 Å². The smallest absolute Gasteiger partial charge is 0.0345 e. The Bertz CT molecular complexity index is 175. The summed E-state index contributed by atoms with van der Waals surface area (Å²) >= 11 is 0. The summed E-state index contributed by atoms with van der Waals surface area (Å²) in [5.41, 5.74) is 0. The molecule has 82 valence electrons. The summed E-state index contributed by atoms with van der Waals surface area (Å²) in [4.78, 5) is 2.71. The molecular weight excluding hydrogens is 172 g/mol. The second-order valence-corrected chi connectivity index (χ2v) is 5.28. The van der Waals surface area contributed by atoms with Gasteiger partial charge < -0.3 is 5.32 Å². The molecule has 2 aliphatic heterocycles. The van der Waals surface area contributed by atoms with Crippen molar-refractivity contribution in [3.63, 3.8) is 0 Å². The van der Waals surface area contributed by atoms with E-state index in [1.165, 1.54) is 45.4 Å². The first-order chi connectivity index (χ1) is 6.77. The number of hydrogen-bond donors (Lipinski definition) is 1. The number of hydrogen-bond acceptors (Lipinski definition) is 2. The third kappa shape index (κ3) is 2.29. The molecule has 2 heteroatoms. The second-order valence-electron chi connectivity index (χ2n) is 5.28. The molecule has 0 aromatic carbocycles. The van der Waals surface area contributed by atoms with E-state index in [1.807, 2.05) is 0 Å². The van der Waals surface area contributed by atoms with Crippen LogP contribution in [0.1, 0.15) is 33.1 Å². The molecule has 0 aliphatic carbocycles. The van der Waals surface area contributed by atoms with Crippen LogP contribution >= 0.6 is 0 Å². The van der Waals surface area contributed by atoms with E-state index < -0.39 is 0 Å². The summed E-state index contributed by atoms with van der Waals surface area (Å²) in [7, 11) is 0. The summed E-state index contributed by atoms with van der Waals surface area (Å²) in [6, 6.07) is 0.862. The van der Waals surface area contributed by atoms with Crippen LogP contribution in [-0.2, 0) is 0 Å². The molecule has 14 heavy (non-hydrogen) atoms. The van der Waals surface area contributed by atoms with Crippen LogP contribution in [0, 0.1) is 11.8 Å². The van der Waals surface area contributed by atoms with E-state index in [4.69, 9.17) is 0 Å². The van der Waals surface area contributed by atoms with Gasteiger partial charge in [0.15, 0.2) is 0 Å². The van der Waals surface area contributed by atoms with E-state index in [9.17, 15) is 0 Å². The highest BCUT2D eigenvalue weighted by Crippen LogP contribution is 2.25. The fourth-order valence-electron chi connectivity index (χ4n) is 2.71. The average molecular weight is 196 g/mol. The van der Waals surface area contributed by atoms with Crippen LogP contribution in [0.15, 0.2) is 0 Å². The van der Waals surface area contributed by atoms with Crippen LogP contribution in [0.2, 0.25) is 0 Å². The van der Waals surface area contributed by atoms with Gasteiger partial charge in [0.2, 0.25) is 0 Å². The van der Waals surface area contributed by atoms with Gasteiger partial charge in [-0.2, -0.15) is 0 Å². The molecule has 1 N–H and O–H groups in total. The Hall–Kier alpha value is -0.0800. The molecule has 0 bridgehead atoms. The molecular formula is C12H24N2. The van der Waals surface area contributed by atoms with Crippen LogP contribution < -0.4 is 5.32 Å². The summed E-state index contributed by atoms with van der Waals surface area (Å²) in [6.07, 6.45) is 4.29. The normalized spacial score (nSPS) is 31.5. The summed E-state index contributed by atoms with van der Waals surface area (Å²) < 4.78 is 0. The Morgan fingerprint density at radius 2 is 1.93 bits per heavy atom. The van der Waals surface area contributed by atoms with E-state index in [-0.39, 0.29) is 0 Å². The van der Waals surface area contributed by atoms with E-state index in [0.29, 0.717) is 0 Å². The molecule has 0 spiro atoms. The molecule has 2 rings (SSSR count). The number of nitrogens with one attached hydrogen (secondary N) is 1. The standard InChI is InChI=1S/C12H24N2/c1-10(2)11-4-3-6-14(7-5-11)12-8-13-9-12/h10-13H,3-9H2,1-2H3. The van der Waals surface area contributed by atoms with Crippen LogP contribution in [-0.4, -0.2) is 37.1 Å². The van der Waals surface area contributed by atoms with Gasteiger partial charge >= 0.3 is 0 Å². The van der Waals surface area contributed by atoms with Crippen molar-refractivity contribution in [2.45, 2.75) is 39.2 Å². The fraction of sp³-hybridized carbons (Fsp3) is 1.00. The molecule has 0 radical (unpaired) electrons. The largest absolute Gasteiger partial charge is 0.314 e. The third-order valence-corrected chi connectivity index (χ3v) is 4.03. The Kier molecular flexibility index (Phi) is 3.45. The van der Waals surface area contributed by atoms with Crippen LogP contribution in [0.5, 0.6) is 0 Å². The van der Waals surface area contributed by atoms with Gasteiger partial charge in [-0.25, -0.2) is 0 Å². The van der Waals surface area contributed by atoms with Crippen molar-refractivity contribution in [1.29, 1.82) is 0 Å². The van der Waals surface area contributed by atoms with Crippen molar-refractivity contribution in [2.75, 3.05) is 26.2 Å². The lowest BCUT2D eigenvalue weighted by Gasteiger charge is -2.37. The zero-order valence-corrected chi connectivity index (χ0v) is 9.63. The maximum Gasteiger partial charge on any atom is 0.0345 e. The molecule has 2 nitrogen and oxygen atoms in total. The van der Waals surface area contributed by atoms with E-state index in [2.05, 4.69) is 24.1 Å². The predicted octanol–water partition coefficient (Wildman–Crippen LogP) is 1.72. The lowest BCUT2D eigenvalue weighted by Crippen LogP contribution is -2.57. The van der Waals surface area contributed by atoms with Gasteiger partial charge in [-0.05, 0) is 44.2 Å². The zero-order chi connectivity index (χ0) is 9.97. The number of rotatable bonds is 2. The molecule has 2 fully saturated rings. The SMILES string of the molecule is CC(C)C1CCCN(C2CNC2)CC1. The minimum Gasteiger partial charge on any atom is -0.314 e. The van der Waals surface area contributed by atoms with E-state index in [0.717, 1.165) is 17.9 Å². The van der Waals surface area contributed by atoms with Crippen molar-refractivity contribution in [2.24, 2.45) is 11.8 Å². The summed E-state index contributed by atoms with van der Waals surface area (Å²) in [6.45, 7) is 9.90. The lowest BCUT2D eigenvalue weighted by atomic mass is 9.89. The van der Waals surface area contributed by atoms with Gasteiger partial charge in [0.1, 0.15) is 0 Å². The molecule has 1 unspecified atom stereocenters. The first-order valence-electron chi connectivity index (χ1n) is 6.22. The maximum atomic E-state index is 3.37. The van der Waals surface area contributed by atoms with Gasteiger partial charge in [-0.1, -0.05) is 13.8 Å². The van der Waals surface area contributed by atoms with Gasteiger partial charge in [-0.15, -0.1) is 0 Å². The Morgan fingerprint density at radius 1 is 1.14 bits per heavy atom. The second kappa shape index (κ2) is 4.63. The molecule has 0 aromatic heterocycles. The molecule has 2 heterocycles. The van der Waals surface area contributed by atoms with Crippen molar-refractivity contribution in [3.05, 3.63) is 0 Å². The highest BCUT2D eigenvalue weighted by atomic mass is 15.2. The number of nitrogens with zero attached hydrogens (tertiary/aromatic N) is 1. The van der Waals surface area contributed by atoms with Crippen molar-refractivity contribution < 1.29 is 0 Å². The highest BCUT2D eigenvalue weighted by Gasteiger charge is 2.27. The van der Waals surface area contributed by atoms with Crippen molar-refractivity contribution >= 4 is 0 Å². The van der Waals surface area contributed by atoms with Crippen molar-refractivity contribution in [3.8, 4) is 0 Å². The van der Waals surface area contributed by atoms with Gasteiger partial charge in [0.05, 0.1) is 0 Å². The zero-order valence-electron chi connectivity index (χ0n) is 9.63. The minimum absolute atomic E-state index is 0.862. The molecule has 1 atom stereocenters. The molecule has 2 saturated heterocycles. The molecule has 0 saturated carbocycles. The first-order valence-corrected chi connectivity index (χ1v) is 6.22. The van der Waals surface area contributed by atoms with Crippen LogP contribution in [0.25, 0.3) is 0 Å². The minimum atomic E-state index is 0.862. The van der Waals surface area contributed by atoms with Crippen LogP contribution in [0.4, 0.5) is 0 Å². The summed E-state index contributed by atoms with van der Waals surface area (Å²) in [5, 5.41) is 3.37. The molecule has 2 aliphatic rings. The quantitative estimate of drug-likeness (QED) is 0.723. The molecule has 0 amide bonds. The number of likely N-dealkylation sites (tertiary alicyclic amines) is 1. The van der Waals surface area contributed by atoms with E-state index >= 15 is 0 Å². The maximum absolute atomic E-state index is 3.37. The first kappa shape index (κ1) is 10.4. The third-order valence-electron chi connectivity index (χ3n) is 4.03. The highest BCUT2D eigenvalue weighted by molar-refractivity contribution is 4.86. The monoisotopic (exact) mass is 196 g/mol. The molecule has 0 aromatic rings. The van der Waals surface area contributed by atoms with Crippen LogP contribution in [0.3, 0.4) is 0 Å². The lowest BCUT2D eigenvalue weighted by molar-refractivity contribution is 0.148.